The number of nitrogens with zero attached hydrogens (tertiary/aromatic N) is 3. The minimum atomic E-state index is 0.104. The second-order valence-corrected chi connectivity index (χ2v) is 4.89. The van der Waals surface area contributed by atoms with Crippen molar-refractivity contribution in [2.75, 3.05) is 0 Å². The van der Waals surface area contributed by atoms with E-state index in [2.05, 4.69) is 50.2 Å². The lowest BCUT2D eigenvalue weighted by molar-refractivity contribution is 0.546. The minimum Gasteiger partial charge on any atom is -0.303 e. The number of aromatic nitrogens is 4. The number of rotatable bonds is 5. The third kappa shape index (κ3) is 2.56. The molecule has 2 N–H and O–H groups in total. The van der Waals surface area contributed by atoms with E-state index < -0.39 is 0 Å². The number of hydrogen-bond acceptors (Lipinski definition) is 4. The highest BCUT2D eigenvalue weighted by Crippen LogP contribution is 2.39. The molecular formula is C13H17N5. The molecule has 0 radical (unpaired) electrons. The maximum absolute atomic E-state index is 3.96. The molecule has 0 saturated heterocycles. The smallest absolute Gasteiger partial charge is 0.191 e. The summed E-state index contributed by atoms with van der Waals surface area (Å²) in [5.74, 6) is 1.52. The molecule has 1 heterocycles. The topological polar surface area (TPSA) is 66.5 Å². The van der Waals surface area contributed by atoms with E-state index in [-0.39, 0.29) is 6.04 Å². The molecule has 1 aliphatic rings. The first kappa shape index (κ1) is 11.3. The normalized spacial score (nSPS) is 16.7. The minimum absolute atomic E-state index is 0.104. The van der Waals surface area contributed by atoms with Crippen molar-refractivity contribution in [3.8, 4) is 0 Å². The third-order valence-corrected chi connectivity index (χ3v) is 3.39. The molecule has 5 heteroatoms. The molecule has 1 aromatic carbocycles. The summed E-state index contributed by atoms with van der Waals surface area (Å²) < 4.78 is 0. The van der Waals surface area contributed by atoms with E-state index in [0.717, 1.165) is 12.5 Å². The van der Waals surface area contributed by atoms with Gasteiger partial charge in [0, 0.05) is 6.54 Å². The van der Waals surface area contributed by atoms with E-state index >= 15 is 0 Å². The highest BCUT2D eigenvalue weighted by Gasteiger charge is 2.22. The number of benzene rings is 1. The molecule has 1 aromatic heterocycles. The lowest BCUT2D eigenvalue weighted by Crippen LogP contribution is -2.19. The van der Waals surface area contributed by atoms with Crippen molar-refractivity contribution in [3.05, 3.63) is 41.2 Å². The SMILES string of the molecule is CC(NCc1ccc(C2CC2)cc1)c1nn[nH]n1. The monoisotopic (exact) mass is 243 g/mol. The molecule has 1 fully saturated rings. The van der Waals surface area contributed by atoms with Gasteiger partial charge in [-0.2, -0.15) is 5.21 Å². The summed E-state index contributed by atoms with van der Waals surface area (Å²) in [5.41, 5.74) is 2.76. The maximum Gasteiger partial charge on any atom is 0.191 e. The molecule has 1 saturated carbocycles. The molecule has 0 aliphatic heterocycles. The van der Waals surface area contributed by atoms with Gasteiger partial charge in [0.1, 0.15) is 0 Å². The van der Waals surface area contributed by atoms with Crippen LogP contribution in [0.15, 0.2) is 24.3 Å². The second-order valence-electron chi connectivity index (χ2n) is 4.89. The number of tetrazole rings is 1. The molecule has 94 valence electrons. The zero-order valence-electron chi connectivity index (χ0n) is 10.4. The van der Waals surface area contributed by atoms with Gasteiger partial charge in [0.2, 0.25) is 0 Å². The highest BCUT2D eigenvalue weighted by atomic mass is 15.5. The van der Waals surface area contributed by atoms with Crippen molar-refractivity contribution >= 4 is 0 Å². The van der Waals surface area contributed by atoms with Crippen LogP contribution in [0.1, 0.15) is 48.7 Å². The Morgan fingerprint density at radius 1 is 1.33 bits per heavy atom. The Morgan fingerprint density at radius 3 is 2.72 bits per heavy atom. The van der Waals surface area contributed by atoms with E-state index in [0.29, 0.717) is 5.82 Å². The van der Waals surface area contributed by atoms with Crippen LogP contribution in [0.2, 0.25) is 0 Å². The lowest BCUT2D eigenvalue weighted by atomic mass is 10.1. The molecule has 0 spiro atoms. The van der Waals surface area contributed by atoms with Gasteiger partial charge in [0.15, 0.2) is 5.82 Å². The first-order valence-corrected chi connectivity index (χ1v) is 6.38. The van der Waals surface area contributed by atoms with Crippen molar-refractivity contribution in [2.24, 2.45) is 0 Å². The van der Waals surface area contributed by atoms with Crippen molar-refractivity contribution in [1.29, 1.82) is 0 Å². The van der Waals surface area contributed by atoms with Gasteiger partial charge in [-0.1, -0.05) is 29.5 Å². The summed E-state index contributed by atoms with van der Waals surface area (Å²) in [6.07, 6.45) is 2.71. The van der Waals surface area contributed by atoms with E-state index in [4.69, 9.17) is 0 Å². The average Bonchev–Trinajstić information content (AvgIpc) is 3.11. The molecule has 2 aromatic rings. The fraction of sp³-hybridized carbons (Fsp3) is 0.462. The summed E-state index contributed by atoms with van der Waals surface area (Å²) in [6.45, 7) is 2.85. The molecule has 0 bridgehead atoms. The number of nitrogens with one attached hydrogen (secondary N) is 2. The predicted octanol–water partition coefficient (Wildman–Crippen LogP) is 1.93. The molecule has 0 amide bonds. The molecule has 1 atom stereocenters. The summed E-state index contributed by atoms with van der Waals surface area (Å²) in [4.78, 5) is 0. The van der Waals surface area contributed by atoms with Crippen LogP contribution in [0, 0.1) is 0 Å². The number of aromatic amines is 1. The molecule has 1 aliphatic carbocycles. The largest absolute Gasteiger partial charge is 0.303 e. The predicted molar refractivity (Wildman–Crippen MR) is 67.8 cm³/mol. The third-order valence-electron chi connectivity index (χ3n) is 3.39. The van der Waals surface area contributed by atoms with Crippen LogP contribution in [0.4, 0.5) is 0 Å². The van der Waals surface area contributed by atoms with Gasteiger partial charge in [-0.05, 0) is 36.8 Å². The fourth-order valence-electron chi connectivity index (χ4n) is 2.04. The van der Waals surface area contributed by atoms with Crippen molar-refractivity contribution in [2.45, 2.75) is 38.3 Å². The summed E-state index contributed by atoms with van der Waals surface area (Å²) >= 11 is 0. The van der Waals surface area contributed by atoms with Gasteiger partial charge in [0.05, 0.1) is 6.04 Å². The summed E-state index contributed by atoms with van der Waals surface area (Å²) in [5, 5.41) is 17.3. The van der Waals surface area contributed by atoms with E-state index in [1.54, 1.807) is 0 Å². The van der Waals surface area contributed by atoms with Gasteiger partial charge >= 0.3 is 0 Å². The van der Waals surface area contributed by atoms with E-state index in [1.807, 2.05) is 6.92 Å². The second kappa shape index (κ2) is 4.86. The molecule has 5 nitrogen and oxygen atoms in total. The Balaban J connectivity index is 1.56. The van der Waals surface area contributed by atoms with Crippen LogP contribution in [-0.2, 0) is 6.54 Å². The van der Waals surface area contributed by atoms with Crippen LogP contribution < -0.4 is 5.32 Å². The molecule has 18 heavy (non-hydrogen) atoms. The van der Waals surface area contributed by atoms with Crippen molar-refractivity contribution in [3.63, 3.8) is 0 Å². The Hall–Kier alpha value is -1.75. The van der Waals surface area contributed by atoms with Crippen molar-refractivity contribution in [1.82, 2.24) is 25.9 Å². The van der Waals surface area contributed by atoms with Crippen LogP contribution in [0.5, 0.6) is 0 Å². The first-order chi connectivity index (χ1) is 8.83. The molecular weight excluding hydrogens is 226 g/mol. The van der Waals surface area contributed by atoms with Crippen molar-refractivity contribution < 1.29 is 0 Å². The number of H-pyrrole nitrogens is 1. The summed E-state index contributed by atoms with van der Waals surface area (Å²) in [7, 11) is 0. The van der Waals surface area contributed by atoms with Crippen LogP contribution >= 0.6 is 0 Å². The zero-order valence-corrected chi connectivity index (χ0v) is 10.4. The maximum atomic E-state index is 3.96. The zero-order chi connectivity index (χ0) is 12.4. The molecule has 1 unspecified atom stereocenters. The van der Waals surface area contributed by atoms with Gasteiger partial charge < -0.3 is 5.32 Å². The van der Waals surface area contributed by atoms with Gasteiger partial charge in [-0.15, -0.1) is 10.2 Å². The van der Waals surface area contributed by atoms with E-state index in [9.17, 15) is 0 Å². The van der Waals surface area contributed by atoms with Crippen LogP contribution in [0.25, 0.3) is 0 Å². The Kier molecular flexibility index (Phi) is 3.06. The first-order valence-electron chi connectivity index (χ1n) is 6.38. The van der Waals surface area contributed by atoms with Crippen LogP contribution in [0.3, 0.4) is 0 Å². The Labute approximate surface area is 106 Å². The fourth-order valence-corrected chi connectivity index (χ4v) is 2.04. The van der Waals surface area contributed by atoms with Gasteiger partial charge in [0.25, 0.3) is 0 Å². The van der Waals surface area contributed by atoms with Gasteiger partial charge in [-0.3, -0.25) is 0 Å². The van der Waals surface area contributed by atoms with Crippen LogP contribution in [-0.4, -0.2) is 20.6 Å². The average molecular weight is 243 g/mol. The number of hydrogen-bond donors (Lipinski definition) is 2. The standard InChI is InChI=1S/C13H17N5/c1-9(13-15-17-18-16-13)14-8-10-2-4-11(5-3-10)12-6-7-12/h2-5,9,12,14H,6-8H2,1H3,(H,15,16,17,18). The van der Waals surface area contributed by atoms with E-state index in [1.165, 1.54) is 24.0 Å². The quantitative estimate of drug-likeness (QED) is 0.842. The van der Waals surface area contributed by atoms with Gasteiger partial charge in [-0.25, -0.2) is 0 Å². The highest BCUT2D eigenvalue weighted by molar-refractivity contribution is 5.28. The molecule has 3 rings (SSSR count). The Morgan fingerprint density at radius 2 is 2.11 bits per heavy atom. The summed E-state index contributed by atoms with van der Waals surface area (Å²) in [6, 6.07) is 8.99. The lowest BCUT2D eigenvalue weighted by Gasteiger charge is -2.10. The Bertz CT molecular complexity index is 487.